The van der Waals surface area contributed by atoms with Crippen molar-refractivity contribution < 1.29 is 13.2 Å². The molecule has 1 aromatic carbocycles. The van der Waals surface area contributed by atoms with E-state index in [4.69, 9.17) is 0 Å². The Morgan fingerprint density at radius 1 is 1.23 bits per heavy atom. The quantitative estimate of drug-likeness (QED) is 0.877. The number of nitrogens with zero attached hydrogens (tertiary/aromatic N) is 2. The second kappa shape index (κ2) is 5.64. The summed E-state index contributed by atoms with van der Waals surface area (Å²) < 4.78 is 25.7. The second-order valence-electron chi connectivity index (χ2n) is 5.82. The van der Waals surface area contributed by atoms with Gasteiger partial charge in [0.15, 0.2) is 0 Å². The van der Waals surface area contributed by atoms with Gasteiger partial charge in [-0.05, 0) is 44.3 Å². The first-order valence-corrected chi connectivity index (χ1v) is 9.03. The fourth-order valence-electron chi connectivity index (χ4n) is 3.45. The zero-order valence-electron chi connectivity index (χ0n) is 12.8. The molecule has 1 N–H and O–H groups in total. The van der Waals surface area contributed by atoms with Gasteiger partial charge >= 0.3 is 0 Å². The molecule has 7 heteroatoms. The summed E-state index contributed by atoms with van der Waals surface area (Å²) in [5.41, 5.74) is 0.547. The summed E-state index contributed by atoms with van der Waals surface area (Å²) in [5.74, 6) is -0.00309. The molecule has 120 valence electrons. The van der Waals surface area contributed by atoms with Gasteiger partial charge < -0.3 is 4.90 Å². The van der Waals surface area contributed by atoms with Gasteiger partial charge in [-0.2, -0.15) is 0 Å². The molecule has 22 heavy (non-hydrogen) atoms. The highest BCUT2D eigenvalue weighted by molar-refractivity contribution is 7.89. The maximum Gasteiger partial charge on any atom is 0.254 e. The number of rotatable bonds is 4. The minimum absolute atomic E-state index is 0.00309. The monoisotopic (exact) mass is 323 g/mol. The smallest absolute Gasteiger partial charge is 0.254 e. The average Bonchev–Trinajstić information content (AvgIpc) is 3.14. The molecule has 0 spiro atoms. The van der Waals surface area contributed by atoms with E-state index in [0.29, 0.717) is 11.6 Å². The number of fused-ring (bicyclic) bond motifs is 2. The van der Waals surface area contributed by atoms with Crippen LogP contribution in [0.2, 0.25) is 0 Å². The third-order valence-corrected chi connectivity index (χ3v) is 6.13. The van der Waals surface area contributed by atoms with Crippen LogP contribution in [0.1, 0.15) is 23.7 Å². The lowest BCUT2D eigenvalue weighted by Gasteiger charge is -2.33. The third-order valence-electron chi connectivity index (χ3n) is 4.70. The fraction of sp³-hybridized carbons (Fsp3) is 0.533. The molecule has 0 radical (unpaired) electrons. The van der Waals surface area contributed by atoms with Crippen molar-refractivity contribution in [1.82, 2.24) is 14.5 Å². The molecule has 2 saturated heterocycles. The Labute approximate surface area is 131 Å². The molecule has 1 amide bonds. The maximum atomic E-state index is 12.6. The Hall–Kier alpha value is -1.44. The van der Waals surface area contributed by atoms with Crippen LogP contribution >= 0.6 is 0 Å². The van der Waals surface area contributed by atoms with Crippen molar-refractivity contribution in [2.75, 3.05) is 26.7 Å². The molecule has 0 aromatic heterocycles. The number of benzene rings is 1. The molecule has 2 atom stereocenters. The molecule has 6 nitrogen and oxygen atoms in total. The molecule has 2 fully saturated rings. The Morgan fingerprint density at radius 2 is 1.91 bits per heavy atom. The third kappa shape index (κ3) is 2.53. The number of amides is 1. The number of hydrogen-bond acceptors (Lipinski definition) is 4. The number of piperazine rings is 1. The van der Waals surface area contributed by atoms with Crippen LogP contribution in [0.3, 0.4) is 0 Å². The van der Waals surface area contributed by atoms with Gasteiger partial charge in [-0.3, -0.25) is 9.69 Å². The predicted molar refractivity (Wildman–Crippen MR) is 83.2 cm³/mol. The topological polar surface area (TPSA) is 69.7 Å². The van der Waals surface area contributed by atoms with E-state index < -0.39 is 10.0 Å². The summed E-state index contributed by atoms with van der Waals surface area (Å²) in [6.07, 6.45) is 1.05. The normalized spacial score (nSPS) is 24.9. The van der Waals surface area contributed by atoms with Gasteiger partial charge in [-0.25, -0.2) is 13.1 Å². The molecular weight excluding hydrogens is 302 g/mol. The Balaban J connectivity index is 1.75. The lowest BCUT2D eigenvalue weighted by atomic mass is 10.2. The molecular formula is C15H21N3O3S. The van der Waals surface area contributed by atoms with Gasteiger partial charge in [-0.1, -0.05) is 6.92 Å². The zero-order valence-corrected chi connectivity index (χ0v) is 13.6. The Kier molecular flexibility index (Phi) is 3.96. The fourth-order valence-corrected chi connectivity index (χ4v) is 4.18. The minimum atomic E-state index is -3.46. The summed E-state index contributed by atoms with van der Waals surface area (Å²) in [4.78, 5) is 17.1. The molecule has 0 saturated carbocycles. The Morgan fingerprint density at radius 3 is 2.41 bits per heavy atom. The van der Waals surface area contributed by atoms with E-state index in [2.05, 4.69) is 16.5 Å². The van der Waals surface area contributed by atoms with E-state index in [9.17, 15) is 13.2 Å². The molecule has 2 bridgehead atoms. The van der Waals surface area contributed by atoms with E-state index in [-0.39, 0.29) is 16.8 Å². The van der Waals surface area contributed by atoms with Gasteiger partial charge in [-0.15, -0.1) is 0 Å². The number of nitrogens with one attached hydrogen (secondary N) is 1. The van der Waals surface area contributed by atoms with E-state index in [0.717, 1.165) is 26.1 Å². The molecule has 0 unspecified atom stereocenters. The van der Waals surface area contributed by atoms with Crippen LogP contribution < -0.4 is 4.72 Å². The summed E-state index contributed by atoms with van der Waals surface area (Å²) in [7, 11) is -2.09. The number of likely N-dealkylation sites (N-methyl/N-ethyl adjacent to an activating group) is 1. The second-order valence-corrected chi connectivity index (χ2v) is 7.71. The van der Waals surface area contributed by atoms with Gasteiger partial charge in [0, 0.05) is 30.7 Å². The van der Waals surface area contributed by atoms with E-state index in [1.54, 1.807) is 12.1 Å². The number of carbonyl (C=O) groups is 1. The van der Waals surface area contributed by atoms with Crippen molar-refractivity contribution in [3.8, 4) is 0 Å². The number of likely N-dealkylation sites (tertiary alicyclic amines) is 2. The van der Waals surface area contributed by atoms with Crippen LogP contribution in [0.4, 0.5) is 0 Å². The van der Waals surface area contributed by atoms with Crippen LogP contribution in [0, 0.1) is 0 Å². The summed E-state index contributed by atoms with van der Waals surface area (Å²) in [6, 6.07) is 6.91. The van der Waals surface area contributed by atoms with Crippen molar-refractivity contribution in [3.05, 3.63) is 29.8 Å². The highest BCUT2D eigenvalue weighted by atomic mass is 32.2. The highest BCUT2D eigenvalue weighted by Gasteiger charge is 2.44. The van der Waals surface area contributed by atoms with Crippen molar-refractivity contribution in [1.29, 1.82) is 0 Å². The molecule has 2 aliphatic rings. The molecule has 1 aromatic rings. The van der Waals surface area contributed by atoms with Crippen molar-refractivity contribution in [2.24, 2.45) is 0 Å². The van der Waals surface area contributed by atoms with E-state index in [1.807, 2.05) is 4.90 Å². The number of carbonyl (C=O) groups excluding carboxylic acids is 1. The average molecular weight is 323 g/mol. The van der Waals surface area contributed by atoms with Crippen molar-refractivity contribution in [3.63, 3.8) is 0 Å². The SMILES string of the molecule is CCN1C[C@H]2C[C@@H]1CN2C(=O)c1ccc(S(=O)(=O)NC)cc1. The van der Waals surface area contributed by atoms with Gasteiger partial charge in [0.25, 0.3) is 5.91 Å². The van der Waals surface area contributed by atoms with Gasteiger partial charge in [0.05, 0.1) is 4.90 Å². The number of sulfonamides is 1. The van der Waals surface area contributed by atoms with E-state index in [1.165, 1.54) is 19.2 Å². The summed E-state index contributed by atoms with van der Waals surface area (Å²) in [6.45, 7) is 4.89. The van der Waals surface area contributed by atoms with Gasteiger partial charge in [0.1, 0.15) is 0 Å². The van der Waals surface area contributed by atoms with Crippen LogP contribution in [0.15, 0.2) is 29.2 Å². The van der Waals surface area contributed by atoms with E-state index >= 15 is 0 Å². The minimum Gasteiger partial charge on any atom is -0.333 e. The lowest BCUT2D eigenvalue weighted by Crippen LogP contribution is -2.48. The van der Waals surface area contributed by atoms with Crippen molar-refractivity contribution >= 4 is 15.9 Å². The summed E-state index contributed by atoms with van der Waals surface area (Å²) in [5, 5.41) is 0. The van der Waals surface area contributed by atoms with Gasteiger partial charge in [0.2, 0.25) is 10.0 Å². The first-order valence-electron chi connectivity index (χ1n) is 7.55. The first-order chi connectivity index (χ1) is 10.5. The first kappa shape index (κ1) is 15.5. The number of hydrogen-bond donors (Lipinski definition) is 1. The highest BCUT2D eigenvalue weighted by Crippen LogP contribution is 2.31. The molecule has 2 heterocycles. The molecule has 2 aliphatic heterocycles. The summed E-state index contributed by atoms with van der Waals surface area (Å²) >= 11 is 0. The zero-order chi connectivity index (χ0) is 15.9. The predicted octanol–water partition coefficient (Wildman–Crippen LogP) is 0.513. The standard InChI is InChI=1S/C15H21N3O3S/c1-3-17-9-13-8-12(17)10-18(13)15(19)11-4-6-14(7-5-11)22(20,21)16-2/h4-7,12-13,16H,3,8-10H2,1-2H3/t12-,13-/m1/s1. The van der Waals surface area contributed by atoms with Crippen molar-refractivity contribution in [2.45, 2.75) is 30.3 Å². The molecule has 3 rings (SSSR count). The van der Waals surface area contributed by atoms with Crippen LogP contribution in [-0.2, 0) is 10.0 Å². The van der Waals surface area contributed by atoms with Crippen LogP contribution in [-0.4, -0.2) is 62.9 Å². The largest absolute Gasteiger partial charge is 0.333 e. The lowest BCUT2D eigenvalue weighted by molar-refractivity contribution is 0.0630. The molecule has 0 aliphatic carbocycles. The Bertz CT molecular complexity index is 672. The van der Waals surface area contributed by atoms with Crippen LogP contribution in [0.25, 0.3) is 0 Å². The van der Waals surface area contributed by atoms with Crippen LogP contribution in [0.5, 0.6) is 0 Å². The maximum absolute atomic E-state index is 12.6.